The van der Waals surface area contributed by atoms with Gasteiger partial charge in [-0.3, -0.25) is 9.78 Å². The van der Waals surface area contributed by atoms with Gasteiger partial charge in [-0.05, 0) is 29.3 Å². The molecule has 0 aliphatic carbocycles. The summed E-state index contributed by atoms with van der Waals surface area (Å²) in [7, 11) is 4.77. The number of aromatic nitrogens is 1. The fourth-order valence-corrected chi connectivity index (χ4v) is 3.60. The Morgan fingerprint density at radius 2 is 1.93 bits per heavy atom. The number of pyridine rings is 1. The van der Waals surface area contributed by atoms with Crippen LogP contribution in [-0.4, -0.2) is 44.6 Å². The van der Waals surface area contributed by atoms with Gasteiger partial charge in [0.15, 0.2) is 0 Å². The first kappa shape index (κ1) is 21.1. The minimum atomic E-state index is -0.304. The van der Waals surface area contributed by atoms with Crippen LogP contribution in [0.3, 0.4) is 0 Å². The molecular weight excluding hydrogens is 375 g/mol. The Morgan fingerprint density at radius 1 is 1.17 bits per heavy atom. The third-order valence-corrected chi connectivity index (χ3v) is 4.87. The van der Waals surface area contributed by atoms with E-state index in [9.17, 15) is 9.18 Å². The Hall–Kier alpha value is -2.64. The van der Waals surface area contributed by atoms with E-state index in [4.69, 9.17) is 14.2 Å². The average molecular weight is 400 g/mol. The maximum Gasteiger partial charge on any atom is 0.218 e. The lowest BCUT2D eigenvalue weighted by molar-refractivity contribution is -0.119. The molecule has 0 saturated heterocycles. The van der Waals surface area contributed by atoms with E-state index in [2.05, 4.69) is 9.98 Å². The van der Waals surface area contributed by atoms with E-state index < -0.39 is 0 Å². The van der Waals surface area contributed by atoms with Gasteiger partial charge in [0.1, 0.15) is 11.6 Å². The van der Waals surface area contributed by atoms with E-state index in [1.165, 1.54) is 12.1 Å². The maximum atomic E-state index is 13.2. The second-order valence-corrected chi connectivity index (χ2v) is 6.98. The van der Waals surface area contributed by atoms with Gasteiger partial charge in [-0.2, -0.15) is 0 Å². The van der Waals surface area contributed by atoms with Crippen molar-refractivity contribution in [3.63, 3.8) is 0 Å². The molecule has 154 valence electrons. The molecule has 0 N–H and O–H groups in total. The van der Waals surface area contributed by atoms with Crippen molar-refractivity contribution in [2.75, 3.05) is 27.9 Å². The van der Waals surface area contributed by atoms with Gasteiger partial charge in [0, 0.05) is 38.7 Å². The first-order chi connectivity index (χ1) is 14.0. The predicted molar refractivity (Wildman–Crippen MR) is 107 cm³/mol. The normalized spacial score (nSPS) is 13.7. The number of carbonyl (C=O) groups is 1. The van der Waals surface area contributed by atoms with Gasteiger partial charge in [-0.1, -0.05) is 12.1 Å². The Morgan fingerprint density at radius 3 is 2.59 bits per heavy atom. The summed E-state index contributed by atoms with van der Waals surface area (Å²) in [5, 5.41) is 0. The molecule has 1 atom stereocenters. The molecule has 0 unspecified atom stereocenters. The van der Waals surface area contributed by atoms with Crippen LogP contribution >= 0.6 is 0 Å². The number of hydrogen-bond acceptors (Lipinski definition) is 6. The summed E-state index contributed by atoms with van der Waals surface area (Å²) in [6.07, 6.45) is 0.491. The smallest absolute Gasteiger partial charge is 0.218 e. The zero-order chi connectivity index (χ0) is 20.8. The van der Waals surface area contributed by atoms with Crippen molar-refractivity contribution in [2.45, 2.75) is 31.9 Å². The van der Waals surface area contributed by atoms with Crippen LogP contribution in [0.5, 0.6) is 0 Å². The summed E-state index contributed by atoms with van der Waals surface area (Å²) >= 11 is 0. The fraction of sp³-hybridized carbons (Fsp3) is 0.409. The van der Waals surface area contributed by atoms with Crippen LogP contribution in [0.25, 0.3) is 0 Å². The highest BCUT2D eigenvalue weighted by molar-refractivity contribution is 5.98. The van der Waals surface area contributed by atoms with Crippen LogP contribution in [0.15, 0.2) is 35.3 Å². The summed E-state index contributed by atoms with van der Waals surface area (Å²) in [5.74, 6) is 0.151. The Labute approximate surface area is 169 Å². The van der Waals surface area contributed by atoms with Crippen LogP contribution in [0.2, 0.25) is 0 Å². The summed E-state index contributed by atoms with van der Waals surface area (Å²) in [5.41, 5.74) is 4.12. The van der Waals surface area contributed by atoms with Crippen molar-refractivity contribution >= 4 is 11.7 Å². The first-order valence-corrected chi connectivity index (χ1v) is 9.41. The van der Waals surface area contributed by atoms with Gasteiger partial charge in [0.05, 0.1) is 38.1 Å². The molecule has 2 aromatic rings. The third-order valence-electron chi connectivity index (χ3n) is 4.87. The van der Waals surface area contributed by atoms with E-state index in [1.54, 1.807) is 33.5 Å². The van der Waals surface area contributed by atoms with E-state index in [-0.39, 0.29) is 30.4 Å². The first-order valence-electron chi connectivity index (χ1n) is 9.41. The summed E-state index contributed by atoms with van der Waals surface area (Å²) in [6, 6.07) is 8.09. The third kappa shape index (κ3) is 5.05. The molecule has 0 spiro atoms. The highest BCUT2D eigenvalue weighted by Crippen LogP contribution is 2.26. The SMILES string of the molecule is COCc1nc(CC(=O)C[C@H](COC)c2ccc(F)cc2)cc2c1C(OC)=NC2. The van der Waals surface area contributed by atoms with Crippen LogP contribution in [0.1, 0.15) is 40.4 Å². The van der Waals surface area contributed by atoms with Gasteiger partial charge in [-0.15, -0.1) is 0 Å². The highest BCUT2D eigenvalue weighted by Gasteiger charge is 2.24. The summed E-state index contributed by atoms with van der Waals surface area (Å²) < 4.78 is 29.1. The molecule has 3 rings (SSSR count). The number of rotatable bonds is 9. The Balaban J connectivity index is 1.76. The number of fused-ring (bicyclic) bond motifs is 1. The lowest BCUT2D eigenvalue weighted by Crippen LogP contribution is -2.16. The monoisotopic (exact) mass is 400 g/mol. The molecule has 29 heavy (non-hydrogen) atoms. The number of Topliss-reactive ketones (excluding diaryl/α,β-unsaturated/α-hetero) is 1. The van der Waals surface area contributed by atoms with Gasteiger partial charge >= 0.3 is 0 Å². The number of aliphatic imine (C=N–C) groups is 1. The molecule has 0 fully saturated rings. The number of benzene rings is 1. The van der Waals surface area contributed by atoms with Gasteiger partial charge < -0.3 is 14.2 Å². The van der Waals surface area contributed by atoms with Crippen molar-refractivity contribution < 1.29 is 23.4 Å². The van der Waals surface area contributed by atoms with E-state index in [0.717, 1.165) is 22.4 Å². The molecule has 2 heterocycles. The molecule has 6 nitrogen and oxygen atoms in total. The molecule has 1 aliphatic rings. The summed E-state index contributed by atoms with van der Waals surface area (Å²) in [4.78, 5) is 21.8. The van der Waals surface area contributed by atoms with E-state index in [0.29, 0.717) is 31.4 Å². The molecule has 0 radical (unpaired) electrons. The number of ketones is 1. The Bertz CT molecular complexity index is 896. The van der Waals surface area contributed by atoms with Crippen LogP contribution in [-0.2, 0) is 38.6 Å². The minimum Gasteiger partial charge on any atom is -0.481 e. The standard InChI is InChI=1S/C22H25FN2O4/c1-27-12-16(14-4-6-17(23)7-5-14)9-19(26)10-18-8-15-11-24-22(29-3)21(15)20(25-18)13-28-2/h4-8,16H,9-13H2,1-3H3/t16-/m1/s1. The lowest BCUT2D eigenvalue weighted by atomic mass is 9.92. The highest BCUT2D eigenvalue weighted by atomic mass is 19.1. The molecule has 1 aliphatic heterocycles. The zero-order valence-electron chi connectivity index (χ0n) is 16.9. The van der Waals surface area contributed by atoms with Crippen molar-refractivity contribution in [1.29, 1.82) is 0 Å². The van der Waals surface area contributed by atoms with Crippen molar-refractivity contribution in [2.24, 2.45) is 4.99 Å². The quantitative estimate of drug-likeness (QED) is 0.647. The van der Waals surface area contributed by atoms with Crippen LogP contribution in [0.4, 0.5) is 4.39 Å². The van der Waals surface area contributed by atoms with Crippen molar-refractivity contribution in [3.05, 3.63) is 64.2 Å². The molecule has 7 heteroatoms. The van der Waals surface area contributed by atoms with Gasteiger partial charge in [-0.25, -0.2) is 9.38 Å². The molecule has 0 bridgehead atoms. The van der Waals surface area contributed by atoms with E-state index in [1.807, 2.05) is 6.07 Å². The maximum absolute atomic E-state index is 13.2. The number of nitrogens with zero attached hydrogens (tertiary/aromatic N) is 2. The minimum absolute atomic E-state index is 0.0399. The second kappa shape index (κ2) is 9.71. The van der Waals surface area contributed by atoms with Crippen molar-refractivity contribution in [1.82, 2.24) is 4.98 Å². The van der Waals surface area contributed by atoms with Gasteiger partial charge in [0.2, 0.25) is 5.90 Å². The van der Waals surface area contributed by atoms with Crippen LogP contribution < -0.4 is 0 Å². The molecule has 0 saturated carbocycles. The van der Waals surface area contributed by atoms with Crippen molar-refractivity contribution in [3.8, 4) is 0 Å². The average Bonchev–Trinajstić information content (AvgIpc) is 3.12. The topological polar surface area (TPSA) is 70.0 Å². The molecular formula is C22H25FN2O4. The fourth-order valence-electron chi connectivity index (χ4n) is 3.60. The Kier molecular flexibility index (Phi) is 7.06. The molecule has 1 aromatic carbocycles. The van der Waals surface area contributed by atoms with Gasteiger partial charge in [0.25, 0.3) is 0 Å². The van der Waals surface area contributed by atoms with Crippen LogP contribution in [0, 0.1) is 5.82 Å². The second-order valence-electron chi connectivity index (χ2n) is 6.98. The summed E-state index contributed by atoms with van der Waals surface area (Å²) in [6.45, 7) is 1.20. The number of ether oxygens (including phenoxy) is 3. The molecule has 1 aromatic heterocycles. The zero-order valence-corrected chi connectivity index (χ0v) is 16.9. The lowest BCUT2D eigenvalue weighted by Gasteiger charge is -2.16. The number of hydrogen-bond donors (Lipinski definition) is 0. The number of carbonyl (C=O) groups excluding carboxylic acids is 1. The number of methoxy groups -OCH3 is 3. The predicted octanol–water partition coefficient (Wildman–Crippen LogP) is 3.21. The largest absolute Gasteiger partial charge is 0.481 e. The number of halogens is 1. The molecule has 0 amide bonds. The van der Waals surface area contributed by atoms with E-state index >= 15 is 0 Å².